The minimum Gasteiger partial charge on any atom is -0.478 e. The second kappa shape index (κ2) is 3.08. The van der Waals surface area contributed by atoms with Gasteiger partial charge in [-0.15, -0.1) is 0 Å². The SMILES string of the molecule is O=C(O)c1cc2c(cc1Br)C1CCC2C1. The summed E-state index contributed by atoms with van der Waals surface area (Å²) in [5, 5.41) is 9.04. The number of fused-ring (bicyclic) bond motifs is 5. The van der Waals surface area contributed by atoms with E-state index >= 15 is 0 Å². The molecule has 78 valence electrons. The van der Waals surface area contributed by atoms with E-state index in [-0.39, 0.29) is 0 Å². The van der Waals surface area contributed by atoms with Crippen molar-refractivity contribution in [2.75, 3.05) is 0 Å². The highest BCUT2D eigenvalue weighted by Gasteiger charge is 2.37. The molecule has 2 unspecified atom stereocenters. The molecule has 1 N–H and O–H groups in total. The predicted octanol–water partition coefficient (Wildman–Crippen LogP) is 3.51. The maximum absolute atomic E-state index is 11.0. The van der Waals surface area contributed by atoms with Crippen LogP contribution in [0.2, 0.25) is 0 Å². The normalized spacial score (nSPS) is 26.7. The molecular formula is C12H11BrO2. The van der Waals surface area contributed by atoms with Gasteiger partial charge in [-0.1, -0.05) is 0 Å². The lowest BCUT2D eigenvalue weighted by atomic mass is 9.90. The summed E-state index contributed by atoms with van der Waals surface area (Å²) >= 11 is 3.34. The molecule has 0 aliphatic heterocycles. The third-order valence-corrected chi connectivity index (χ3v) is 4.37. The fourth-order valence-electron chi connectivity index (χ4n) is 3.02. The Morgan fingerprint density at radius 3 is 2.47 bits per heavy atom. The molecule has 0 aromatic heterocycles. The van der Waals surface area contributed by atoms with E-state index in [9.17, 15) is 4.79 Å². The maximum Gasteiger partial charge on any atom is 0.336 e. The number of hydrogen-bond donors (Lipinski definition) is 1. The Morgan fingerprint density at radius 2 is 1.87 bits per heavy atom. The zero-order valence-electron chi connectivity index (χ0n) is 8.16. The number of carboxylic acids is 1. The Bertz CT molecular complexity index is 453. The van der Waals surface area contributed by atoms with Crippen molar-refractivity contribution in [2.24, 2.45) is 0 Å². The molecule has 1 aromatic rings. The molecule has 0 saturated heterocycles. The van der Waals surface area contributed by atoms with Gasteiger partial charge >= 0.3 is 5.97 Å². The van der Waals surface area contributed by atoms with E-state index in [2.05, 4.69) is 15.9 Å². The van der Waals surface area contributed by atoms with Crippen molar-refractivity contribution in [1.29, 1.82) is 0 Å². The predicted molar refractivity (Wildman–Crippen MR) is 60.4 cm³/mol. The van der Waals surface area contributed by atoms with Crippen LogP contribution in [0.3, 0.4) is 0 Å². The molecule has 2 atom stereocenters. The first kappa shape index (κ1) is 9.40. The minimum absolute atomic E-state index is 0.404. The summed E-state index contributed by atoms with van der Waals surface area (Å²) in [6, 6.07) is 3.88. The molecule has 0 spiro atoms. The molecule has 1 fully saturated rings. The van der Waals surface area contributed by atoms with Gasteiger partial charge in [0.05, 0.1) is 5.56 Å². The van der Waals surface area contributed by atoms with Gasteiger partial charge in [0.1, 0.15) is 0 Å². The molecule has 0 radical (unpaired) electrons. The molecule has 1 aromatic carbocycles. The molecule has 3 heteroatoms. The summed E-state index contributed by atoms with van der Waals surface area (Å²) in [4.78, 5) is 11.0. The summed E-state index contributed by atoms with van der Waals surface area (Å²) in [7, 11) is 0. The van der Waals surface area contributed by atoms with Gasteiger partial charge in [-0.3, -0.25) is 0 Å². The van der Waals surface area contributed by atoms with Crippen LogP contribution in [0, 0.1) is 0 Å². The van der Waals surface area contributed by atoms with E-state index in [1.54, 1.807) is 0 Å². The van der Waals surface area contributed by atoms with Crippen molar-refractivity contribution in [3.8, 4) is 0 Å². The van der Waals surface area contributed by atoms with E-state index in [4.69, 9.17) is 5.11 Å². The Hall–Kier alpha value is -0.830. The van der Waals surface area contributed by atoms with Gasteiger partial charge in [0.2, 0.25) is 0 Å². The number of halogens is 1. The minimum atomic E-state index is -0.840. The van der Waals surface area contributed by atoms with Gasteiger partial charge < -0.3 is 5.11 Å². The van der Waals surface area contributed by atoms with Crippen molar-refractivity contribution in [3.05, 3.63) is 33.3 Å². The van der Waals surface area contributed by atoms with Crippen molar-refractivity contribution in [1.82, 2.24) is 0 Å². The van der Waals surface area contributed by atoms with Crippen LogP contribution in [0.15, 0.2) is 16.6 Å². The summed E-state index contributed by atoms with van der Waals surface area (Å²) in [5.41, 5.74) is 3.07. The number of aromatic carboxylic acids is 1. The lowest BCUT2D eigenvalue weighted by Crippen LogP contribution is -2.04. The zero-order valence-corrected chi connectivity index (χ0v) is 9.75. The molecule has 2 aliphatic rings. The van der Waals surface area contributed by atoms with E-state index in [1.807, 2.05) is 12.1 Å². The molecule has 2 bridgehead atoms. The molecule has 1 saturated carbocycles. The number of rotatable bonds is 1. The number of hydrogen-bond acceptors (Lipinski definition) is 1. The lowest BCUT2D eigenvalue weighted by molar-refractivity contribution is 0.0695. The number of carbonyl (C=O) groups is 1. The molecule has 0 heterocycles. The number of carboxylic acid groups (broad SMARTS) is 1. The maximum atomic E-state index is 11.0. The van der Waals surface area contributed by atoms with Crippen molar-refractivity contribution >= 4 is 21.9 Å². The first-order chi connectivity index (χ1) is 7.16. The second-order valence-electron chi connectivity index (χ2n) is 4.47. The van der Waals surface area contributed by atoms with Crippen molar-refractivity contribution < 1.29 is 9.90 Å². The smallest absolute Gasteiger partial charge is 0.336 e. The fourth-order valence-corrected chi connectivity index (χ4v) is 3.55. The largest absolute Gasteiger partial charge is 0.478 e. The first-order valence-corrected chi connectivity index (χ1v) is 6.02. The summed E-state index contributed by atoms with van der Waals surface area (Å²) in [5.74, 6) is 0.466. The highest BCUT2D eigenvalue weighted by atomic mass is 79.9. The second-order valence-corrected chi connectivity index (χ2v) is 5.33. The van der Waals surface area contributed by atoms with Crippen molar-refractivity contribution in [3.63, 3.8) is 0 Å². The summed E-state index contributed by atoms with van der Waals surface area (Å²) < 4.78 is 0.723. The van der Waals surface area contributed by atoms with Crippen LogP contribution in [0.1, 0.15) is 52.6 Å². The highest BCUT2D eigenvalue weighted by Crippen LogP contribution is 2.53. The average Bonchev–Trinajstić information content (AvgIpc) is 2.76. The van der Waals surface area contributed by atoms with Crippen LogP contribution in [0.5, 0.6) is 0 Å². The molecule has 2 aliphatic carbocycles. The van der Waals surface area contributed by atoms with E-state index in [1.165, 1.54) is 30.4 Å². The van der Waals surface area contributed by atoms with Crippen molar-refractivity contribution in [2.45, 2.75) is 31.1 Å². The average molecular weight is 267 g/mol. The highest BCUT2D eigenvalue weighted by molar-refractivity contribution is 9.10. The van der Waals surface area contributed by atoms with E-state index in [0.717, 1.165) is 4.47 Å². The van der Waals surface area contributed by atoms with Gasteiger partial charge in [-0.05, 0) is 70.3 Å². The van der Waals surface area contributed by atoms with Crippen LogP contribution in [0.25, 0.3) is 0 Å². The standard InChI is InChI=1S/C12H11BrO2/c13-11-5-9-7-2-1-6(3-7)8(9)4-10(11)12(14)15/h4-7H,1-3H2,(H,14,15). The molecule has 0 amide bonds. The first-order valence-electron chi connectivity index (χ1n) is 5.23. The van der Waals surface area contributed by atoms with Crippen LogP contribution >= 0.6 is 15.9 Å². The third-order valence-electron chi connectivity index (χ3n) is 3.72. The summed E-state index contributed by atoms with van der Waals surface area (Å²) in [6.45, 7) is 0. The van der Waals surface area contributed by atoms with Gasteiger partial charge in [0.25, 0.3) is 0 Å². The molecular weight excluding hydrogens is 256 g/mol. The van der Waals surface area contributed by atoms with Crippen LogP contribution in [-0.2, 0) is 0 Å². The monoisotopic (exact) mass is 266 g/mol. The summed E-state index contributed by atoms with van der Waals surface area (Å²) in [6.07, 6.45) is 3.74. The molecule has 15 heavy (non-hydrogen) atoms. The van der Waals surface area contributed by atoms with Gasteiger partial charge in [0.15, 0.2) is 0 Å². The van der Waals surface area contributed by atoms with Gasteiger partial charge in [-0.25, -0.2) is 4.79 Å². The van der Waals surface area contributed by atoms with Crippen LogP contribution in [0.4, 0.5) is 0 Å². The Balaban J connectivity index is 2.18. The third kappa shape index (κ3) is 1.26. The fraction of sp³-hybridized carbons (Fsp3) is 0.417. The molecule has 2 nitrogen and oxygen atoms in total. The van der Waals surface area contributed by atoms with Gasteiger partial charge in [0, 0.05) is 4.47 Å². The lowest BCUT2D eigenvalue weighted by Gasteiger charge is -2.16. The van der Waals surface area contributed by atoms with E-state index < -0.39 is 5.97 Å². The van der Waals surface area contributed by atoms with Crippen LogP contribution < -0.4 is 0 Å². The van der Waals surface area contributed by atoms with E-state index in [0.29, 0.717) is 17.4 Å². The quantitative estimate of drug-likeness (QED) is 0.845. The molecule has 3 rings (SSSR count). The topological polar surface area (TPSA) is 37.3 Å². The van der Waals surface area contributed by atoms with Crippen LogP contribution in [-0.4, -0.2) is 11.1 Å². The van der Waals surface area contributed by atoms with Gasteiger partial charge in [-0.2, -0.15) is 0 Å². The number of benzene rings is 1. The Kier molecular flexibility index (Phi) is 1.93. The Labute approximate surface area is 96.4 Å². The Morgan fingerprint density at radius 1 is 1.27 bits per heavy atom. The zero-order chi connectivity index (χ0) is 10.6.